The Labute approximate surface area is 80.0 Å². The van der Waals surface area contributed by atoms with Crippen LogP contribution in [0.4, 0.5) is 0 Å². The molecule has 0 heterocycles. The van der Waals surface area contributed by atoms with E-state index in [1.54, 1.807) is 0 Å². The second-order valence-electron chi connectivity index (χ2n) is 4.39. The Morgan fingerprint density at radius 2 is 1.62 bits per heavy atom. The van der Waals surface area contributed by atoms with Crippen molar-refractivity contribution in [2.75, 3.05) is 7.05 Å². The highest BCUT2D eigenvalue weighted by atomic mass is 32.2. The van der Waals surface area contributed by atoms with E-state index in [0.717, 1.165) is 12.8 Å². The Morgan fingerprint density at radius 3 is 2.08 bits per heavy atom. The Morgan fingerprint density at radius 1 is 1.08 bits per heavy atom. The van der Waals surface area contributed by atoms with Gasteiger partial charge in [-0.15, -0.1) is 0 Å². The van der Waals surface area contributed by atoms with Gasteiger partial charge in [0.25, 0.3) is 0 Å². The van der Waals surface area contributed by atoms with E-state index in [4.69, 9.17) is 0 Å². The van der Waals surface area contributed by atoms with Crippen LogP contribution in [0.25, 0.3) is 0 Å². The Hall–Kier alpha value is -0.0900. The maximum absolute atomic E-state index is 11.6. The van der Waals surface area contributed by atoms with E-state index in [1.165, 1.54) is 26.3 Å². The van der Waals surface area contributed by atoms with Gasteiger partial charge in [0.05, 0.1) is 5.25 Å². The van der Waals surface area contributed by atoms with Crippen LogP contribution in [0.15, 0.2) is 0 Å². The molecule has 2 aliphatic rings. The molecule has 1 unspecified atom stereocenters. The van der Waals surface area contributed by atoms with Crippen molar-refractivity contribution >= 4 is 10.0 Å². The zero-order valence-electron chi connectivity index (χ0n) is 7.99. The van der Waals surface area contributed by atoms with E-state index < -0.39 is 10.0 Å². The third-order valence-electron chi connectivity index (χ3n) is 3.57. The molecule has 2 rings (SSSR count). The Bertz CT molecular complexity index is 274. The highest BCUT2D eigenvalue weighted by molar-refractivity contribution is 7.90. The summed E-state index contributed by atoms with van der Waals surface area (Å²) in [4.78, 5) is 0. The van der Waals surface area contributed by atoms with Gasteiger partial charge in [0, 0.05) is 0 Å². The third-order valence-corrected chi connectivity index (χ3v) is 5.40. The van der Waals surface area contributed by atoms with Crippen molar-refractivity contribution in [1.29, 1.82) is 0 Å². The molecule has 2 fully saturated rings. The molecular weight excluding hydrogens is 186 g/mol. The third kappa shape index (κ3) is 1.74. The van der Waals surface area contributed by atoms with Crippen LogP contribution < -0.4 is 4.72 Å². The smallest absolute Gasteiger partial charge is 0.214 e. The largest absolute Gasteiger partial charge is 0.218 e. The average Bonchev–Trinajstić information content (AvgIpc) is 2.45. The standard InChI is InChI=1S/C9H17NO2S/c1-10-13(11,12)9-5-7-2-3-8(4-7)6-9/h7-10H,2-6H2,1H3/t7-,8+,9?. The number of hydrogen-bond donors (Lipinski definition) is 1. The summed E-state index contributed by atoms with van der Waals surface area (Å²) in [7, 11) is -1.48. The first kappa shape index (κ1) is 9.46. The van der Waals surface area contributed by atoms with Crippen LogP contribution in [-0.4, -0.2) is 20.7 Å². The molecule has 0 aliphatic heterocycles. The van der Waals surface area contributed by atoms with Gasteiger partial charge in [0.15, 0.2) is 0 Å². The number of sulfonamides is 1. The lowest BCUT2D eigenvalue weighted by Crippen LogP contribution is -2.36. The monoisotopic (exact) mass is 203 g/mol. The molecule has 0 aromatic heterocycles. The van der Waals surface area contributed by atoms with Crippen LogP contribution in [0.1, 0.15) is 32.1 Å². The van der Waals surface area contributed by atoms with Gasteiger partial charge in [-0.1, -0.05) is 12.8 Å². The quantitative estimate of drug-likeness (QED) is 0.731. The molecule has 3 atom stereocenters. The lowest BCUT2D eigenvalue weighted by molar-refractivity contribution is 0.356. The van der Waals surface area contributed by atoms with E-state index in [2.05, 4.69) is 4.72 Å². The van der Waals surface area contributed by atoms with Crippen LogP contribution in [-0.2, 0) is 10.0 Å². The van der Waals surface area contributed by atoms with Gasteiger partial charge in [-0.2, -0.15) is 0 Å². The first-order valence-electron chi connectivity index (χ1n) is 5.04. The van der Waals surface area contributed by atoms with Gasteiger partial charge in [0.2, 0.25) is 10.0 Å². The second kappa shape index (κ2) is 3.24. The van der Waals surface area contributed by atoms with Crippen molar-refractivity contribution < 1.29 is 8.42 Å². The molecule has 13 heavy (non-hydrogen) atoms. The summed E-state index contributed by atoms with van der Waals surface area (Å²) < 4.78 is 25.6. The van der Waals surface area contributed by atoms with Crippen molar-refractivity contribution in [3.63, 3.8) is 0 Å². The molecular formula is C9H17NO2S. The van der Waals surface area contributed by atoms with Crippen molar-refractivity contribution in [3.05, 3.63) is 0 Å². The van der Waals surface area contributed by atoms with Crippen LogP contribution in [0, 0.1) is 11.8 Å². The Balaban J connectivity index is 2.11. The summed E-state index contributed by atoms with van der Waals surface area (Å²) in [5, 5.41) is -0.108. The minimum Gasteiger partial charge on any atom is -0.218 e. The van der Waals surface area contributed by atoms with Crippen molar-refractivity contribution in [2.45, 2.75) is 37.4 Å². The predicted octanol–water partition coefficient (Wildman–Crippen LogP) is 1.11. The average molecular weight is 203 g/mol. The van der Waals surface area contributed by atoms with E-state index >= 15 is 0 Å². The van der Waals surface area contributed by atoms with E-state index in [-0.39, 0.29) is 5.25 Å². The molecule has 0 saturated heterocycles. The van der Waals surface area contributed by atoms with Crippen molar-refractivity contribution in [3.8, 4) is 0 Å². The summed E-state index contributed by atoms with van der Waals surface area (Å²) in [6.07, 6.45) is 5.55. The zero-order valence-corrected chi connectivity index (χ0v) is 8.81. The first-order valence-corrected chi connectivity index (χ1v) is 6.59. The van der Waals surface area contributed by atoms with Gasteiger partial charge >= 0.3 is 0 Å². The number of hydrogen-bond acceptors (Lipinski definition) is 2. The predicted molar refractivity (Wildman–Crippen MR) is 51.8 cm³/mol. The van der Waals surface area contributed by atoms with Gasteiger partial charge in [-0.3, -0.25) is 0 Å². The maximum Gasteiger partial charge on any atom is 0.214 e. The fourth-order valence-electron chi connectivity index (χ4n) is 2.87. The Kier molecular flexibility index (Phi) is 2.36. The molecule has 0 spiro atoms. The SMILES string of the molecule is CNS(=O)(=O)C1C[C@H]2CC[C@@H](C1)C2. The highest BCUT2D eigenvalue weighted by Gasteiger charge is 2.39. The van der Waals surface area contributed by atoms with Crippen LogP contribution in [0.5, 0.6) is 0 Å². The molecule has 76 valence electrons. The summed E-state index contributed by atoms with van der Waals surface area (Å²) in [6, 6.07) is 0. The molecule has 2 aliphatic carbocycles. The fraction of sp³-hybridized carbons (Fsp3) is 1.00. The van der Waals surface area contributed by atoms with Gasteiger partial charge in [0.1, 0.15) is 0 Å². The molecule has 3 nitrogen and oxygen atoms in total. The van der Waals surface area contributed by atoms with Gasteiger partial charge < -0.3 is 0 Å². The number of rotatable bonds is 2. The van der Waals surface area contributed by atoms with Crippen molar-refractivity contribution in [1.82, 2.24) is 4.72 Å². The topological polar surface area (TPSA) is 46.2 Å². The zero-order chi connectivity index (χ0) is 9.47. The van der Waals surface area contributed by atoms with Crippen molar-refractivity contribution in [2.24, 2.45) is 11.8 Å². The molecule has 1 N–H and O–H groups in total. The minimum absolute atomic E-state index is 0.108. The molecule has 0 radical (unpaired) electrons. The lowest BCUT2D eigenvalue weighted by atomic mass is 9.89. The second-order valence-corrected chi connectivity index (χ2v) is 6.55. The van der Waals surface area contributed by atoms with Gasteiger partial charge in [-0.25, -0.2) is 13.1 Å². The minimum atomic E-state index is -3.00. The van der Waals surface area contributed by atoms with Crippen LogP contribution in [0.2, 0.25) is 0 Å². The van der Waals surface area contributed by atoms with Crippen LogP contribution in [0.3, 0.4) is 0 Å². The molecule has 0 aromatic carbocycles. The number of nitrogens with one attached hydrogen (secondary N) is 1. The molecule has 2 saturated carbocycles. The molecule has 4 heteroatoms. The molecule has 2 bridgehead atoms. The first-order chi connectivity index (χ1) is 6.12. The summed E-state index contributed by atoms with van der Waals surface area (Å²) in [6.45, 7) is 0. The number of fused-ring (bicyclic) bond motifs is 2. The summed E-state index contributed by atoms with van der Waals surface area (Å²) >= 11 is 0. The fourth-order valence-corrected chi connectivity index (χ4v) is 4.25. The lowest BCUT2D eigenvalue weighted by Gasteiger charge is -2.26. The van der Waals surface area contributed by atoms with E-state index in [1.807, 2.05) is 0 Å². The summed E-state index contributed by atoms with van der Waals surface area (Å²) in [5.41, 5.74) is 0. The maximum atomic E-state index is 11.6. The normalized spacial score (nSPS) is 39.3. The molecule has 0 aromatic rings. The molecule has 0 amide bonds. The van der Waals surface area contributed by atoms with E-state index in [0.29, 0.717) is 11.8 Å². The van der Waals surface area contributed by atoms with Crippen LogP contribution >= 0.6 is 0 Å². The summed E-state index contributed by atoms with van der Waals surface area (Å²) in [5.74, 6) is 1.37. The highest BCUT2D eigenvalue weighted by Crippen LogP contribution is 2.43. The van der Waals surface area contributed by atoms with E-state index in [9.17, 15) is 8.42 Å². The van der Waals surface area contributed by atoms with Gasteiger partial charge in [-0.05, 0) is 38.1 Å².